The van der Waals surface area contributed by atoms with E-state index in [2.05, 4.69) is 40.2 Å². The van der Waals surface area contributed by atoms with E-state index in [1.54, 1.807) is 6.07 Å². The number of hydrogen-bond donors (Lipinski definition) is 1. The number of nitrogens with zero attached hydrogens (tertiary/aromatic N) is 2. The Morgan fingerprint density at radius 1 is 1.42 bits per heavy atom. The Balaban J connectivity index is 2.07. The van der Waals surface area contributed by atoms with Crippen LogP contribution < -0.4 is 5.32 Å². The van der Waals surface area contributed by atoms with Gasteiger partial charge in [0.25, 0.3) is 0 Å². The van der Waals surface area contributed by atoms with Crippen molar-refractivity contribution in [3.8, 4) is 0 Å². The summed E-state index contributed by atoms with van der Waals surface area (Å²) in [4.78, 5) is 0. The Kier molecular flexibility index (Phi) is 4.24. The molecule has 102 valence electrons. The summed E-state index contributed by atoms with van der Waals surface area (Å²) in [5.74, 6) is -0.258. The second-order valence-electron chi connectivity index (χ2n) is 4.86. The molecular weight excluding hydrogens is 309 g/mol. The van der Waals surface area contributed by atoms with Crippen molar-refractivity contribution in [2.45, 2.75) is 33.4 Å². The number of aromatic nitrogens is 2. The van der Waals surface area contributed by atoms with Crippen LogP contribution >= 0.6 is 15.9 Å². The van der Waals surface area contributed by atoms with Gasteiger partial charge in [-0.2, -0.15) is 5.10 Å². The van der Waals surface area contributed by atoms with Crippen molar-refractivity contribution < 1.29 is 4.39 Å². The van der Waals surface area contributed by atoms with Crippen LogP contribution in [0.5, 0.6) is 0 Å². The zero-order valence-corrected chi connectivity index (χ0v) is 12.8. The van der Waals surface area contributed by atoms with Crippen LogP contribution in [0.1, 0.15) is 31.0 Å². The molecule has 0 aliphatic rings. The summed E-state index contributed by atoms with van der Waals surface area (Å²) in [6, 6.07) is 3.63. The van der Waals surface area contributed by atoms with Crippen LogP contribution in [-0.4, -0.2) is 9.78 Å². The van der Waals surface area contributed by atoms with Gasteiger partial charge in [-0.25, -0.2) is 4.39 Å². The maximum atomic E-state index is 13.5. The Hall–Kier alpha value is -1.36. The molecule has 3 nitrogen and oxygen atoms in total. The molecule has 0 aliphatic heterocycles. The van der Waals surface area contributed by atoms with Gasteiger partial charge in [0.1, 0.15) is 5.82 Å². The highest BCUT2D eigenvalue weighted by Gasteiger charge is 2.06. The van der Waals surface area contributed by atoms with Crippen LogP contribution in [0.4, 0.5) is 10.1 Å². The summed E-state index contributed by atoms with van der Waals surface area (Å²) in [5, 5.41) is 7.51. The van der Waals surface area contributed by atoms with Gasteiger partial charge in [-0.1, -0.05) is 0 Å². The lowest BCUT2D eigenvalue weighted by molar-refractivity contribution is 0.532. The molecule has 0 bridgehead atoms. The number of hydrogen-bond acceptors (Lipinski definition) is 2. The lowest BCUT2D eigenvalue weighted by atomic mass is 10.2. The quantitative estimate of drug-likeness (QED) is 0.908. The molecule has 19 heavy (non-hydrogen) atoms. The third-order valence-corrected chi connectivity index (χ3v) is 3.54. The standard InChI is InChI=1S/C14H17BrFN3/c1-9(2)19-8-11(7-18-19)6-17-14-5-13(16)12(15)4-10(14)3/h4-5,7-9,17H,6H2,1-3H3. The number of aryl methyl sites for hydroxylation is 1. The summed E-state index contributed by atoms with van der Waals surface area (Å²) < 4.78 is 15.9. The normalized spacial score (nSPS) is 11.1. The third-order valence-electron chi connectivity index (χ3n) is 2.93. The molecule has 1 N–H and O–H groups in total. The van der Waals surface area contributed by atoms with Crippen molar-refractivity contribution in [3.05, 3.63) is 45.9 Å². The van der Waals surface area contributed by atoms with E-state index in [-0.39, 0.29) is 5.82 Å². The average molecular weight is 326 g/mol. The zero-order valence-electron chi connectivity index (χ0n) is 11.2. The number of anilines is 1. The first-order valence-corrected chi connectivity index (χ1v) is 6.99. The van der Waals surface area contributed by atoms with E-state index in [0.29, 0.717) is 17.1 Å². The molecule has 1 aromatic heterocycles. The minimum atomic E-state index is -0.258. The lowest BCUT2D eigenvalue weighted by Crippen LogP contribution is -2.02. The first kappa shape index (κ1) is 14.1. The fourth-order valence-electron chi connectivity index (χ4n) is 1.79. The van der Waals surface area contributed by atoms with Crippen molar-refractivity contribution >= 4 is 21.6 Å². The maximum absolute atomic E-state index is 13.5. The van der Waals surface area contributed by atoms with E-state index < -0.39 is 0 Å². The van der Waals surface area contributed by atoms with Crippen molar-refractivity contribution in [2.24, 2.45) is 0 Å². The van der Waals surface area contributed by atoms with Gasteiger partial charge in [0.2, 0.25) is 0 Å². The summed E-state index contributed by atoms with van der Waals surface area (Å²) in [7, 11) is 0. The van der Waals surface area contributed by atoms with Gasteiger partial charge in [-0.05, 0) is 54.4 Å². The topological polar surface area (TPSA) is 29.9 Å². The molecule has 5 heteroatoms. The lowest BCUT2D eigenvalue weighted by Gasteiger charge is -2.09. The molecule has 0 unspecified atom stereocenters. The van der Waals surface area contributed by atoms with Crippen LogP contribution in [0, 0.1) is 12.7 Å². The molecule has 1 heterocycles. The van der Waals surface area contributed by atoms with Gasteiger partial charge in [0, 0.05) is 30.0 Å². The molecule has 2 aromatic rings. The highest BCUT2D eigenvalue weighted by atomic mass is 79.9. The molecule has 0 atom stereocenters. The van der Waals surface area contributed by atoms with Gasteiger partial charge < -0.3 is 5.32 Å². The second kappa shape index (κ2) is 5.74. The van der Waals surface area contributed by atoms with Gasteiger partial charge in [0.15, 0.2) is 0 Å². The smallest absolute Gasteiger partial charge is 0.139 e. The van der Waals surface area contributed by atoms with Crippen molar-refractivity contribution in [1.82, 2.24) is 9.78 Å². The number of benzene rings is 1. The third kappa shape index (κ3) is 3.35. The van der Waals surface area contributed by atoms with E-state index >= 15 is 0 Å². The molecule has 1 aromatic carbocycles. The first-order chi connectivity index (χ1) is 8.97. The predicted octanol–water partition coefficient (Wildman–Crippen LogP) is 4.29. The van der Waals surface area contributed by atoms with Crippen molar-refractivity contribution in [3.63, 3.8) is 0 Å². The molecule has 0 radical (unpaired) electrons. The molecule has 0 saturated heterocycles. The Morgan fingerprint density at radius 2 is 2.16 bits per heavy atom. The average Bonchev–Trinajstić information content (AvgIpc) is 2.81. The SMILES string of the molecule is Cc1cc(Br)c(F)cc1NCc1cnn(C(C)C)c1. The number of halogens is 2. The molecule has 0 spiro atoms. The summed E-state index contributed by atoms with van der Waals surface area (Å²) in [6.45, 7) is 6.75. The van der Waals surface area contributed by atoms with Gasteiger partial charge in [0.05, 0.1) is 10.7 Å². The predicted molar refractivity (Wildman–Crippen MR) is 78.8 cm³/mol. The highest BCUT2D eigenvalue weighted by Crippen LogP contribution is 2.24. The van der Waals surface area contributed by atoms with Crippen LogP contribution in [0.15, 0.2) is 29.0 Å². The molecule has 0 saturated carbocycles. The minimum absolute atomic E-state index is 0.258. The summed E-state index contributed by atoms with van der Waals surface area (Å²) in [6.07, 6.45) is 3.83. The molecule has 0 aliphatic carbocycles. The van der Waals surface area contributed by atoms with Crippen LogP contribution in [0.25, 0.3) is 0 Å². The Labute approximate surface area is 121 Å². The van der Waals surface area contributed by atoms with Gasteiger partial charge >= 0.3 is 0 Å². The molecule has 0 amide bonds. The first-order valence-electron chi connectivity index (χ1n) is 6.20. The monoisotopic (exact) mass is 325 g/mol. The van der Waals surface area contributed by atoms with E-state index in [0.717, 1.165) is 16.8 Å². The van der Waals surface area contributed by atoms with E-state index in [4.69, 9.17) is 0 Å². The summed E-state index contributed by atoms with van der Waals surface area (Å²) >= 11 is 3.18. The number of rotatable bonds is 4. The van der Waals surface area contributed by atoms with Crippen molar-refractivity contribution in [2.75, 3.05) is 5.32 Å². The number of nitrogens with one attached hydrogen (secondary N) is 1. The van der Waals surface area contributed by atoms with Crippen LogP contribution in [0.3, 0.4) is 0 Å². The molecule has 0 fully saturated rings. The van der Waals surface area contributed by atoms with Gasteiger partial charge in [-0.3, -0.25) is 4.68 Å². The van der Waals surface area contributed by atoms with E-state index in [1.165, 1.54) is 6.07 Å². The second-order valence-corrected chi connectivity index (χ2v) is 5.71. The minimum Gasteiger partial charge on any atom is -0.381 e. The Bertz CT molecular complexity index is 578. The van der Waals surface area contributed by atoms with Crippen LogP contribution in [0.2, 0.25) is 0 Å². The van der Waals surface area contributed by atoms with Crippen molar-refractivity contribution in [1.29, 1.82) is 0 Å². The molecule has 2 rings (SSSR count). The zero-order chi connectivity index (χ0) is 14.0. The van der Waals surface area contributed by atoms with E-state index in [9.17, 15) is 4.39 Å². The fourth-order valence-corrected chi connectivity index (χ4v) is 2.24. The maximum Gasteiger partial charge on any atom is 0.139 e. The van der Waals surface area contributed by atoms with Crippen LogP contribution in [-0.2, 0) is 6.54 Å². The van der Waals surface area contributed by atoms with Gasteiger partial charge in [-0.15, -0.1) is 0 Å². The highest BCUT2D eigenvalue weighted by molar-refractivity contribution is 9.10. The molecular formula is C14H17BrFN3. The van der Waals surface area contributed by atoms with E-state index in [1.807, 2.05) is 24.0 Å². The fraction of sp³-hybridized carbons (Fsp3) is 0.357. The Morgan fingerprint density at radius 3 is 2.79 bits per heavy atom. The largest absolute Gasteiger partial charge is 0.381 e. The summed E-state index contributed by atoms with van der Waals surface area (Å²) in [5.41, 5.74) is 2.89.